The van der Waals surface area contributed by atoms with Crippen LogP contribution in [0.15, 0.2) is 0 Å². The van der Waals surface area contributed by atoms with E-state index in [0.29, 0.717) is 5.92 Å². The maximum Gasteiger partial charge on any atom is 1.00 e. The molecule has 0 aromatic heterocycles. The SMILES string of the molecule is O=CC1CCCCC1.[H-].[Na+]. The fraction of sp³-hybridized carbons (Fsp3) is 0.857. The molecule has 1 nitrogen and oxygen atoms in total. The number of rotatable bonds is 1. The van der Waals surface area contributed by atoms with Gasteiger partial charge >= 0.3 is 29.6 Å². The molecule has 0 spiro atoms. The Labute approximate surface area is 80.0 Å². The fourth-order valence-electron chi connectivity index (χ4n) is 1.27. The topological polar surface area (TPSA) is 17.1 Å². The summed E-state index contributed by atoms with van der Waals surface area (Å²) < 4.78 is 0. The van der Waals surface area contributed by atoms with Crippen LogP contribution in [0.3, 0.4) is 0 Å². The van der Waals surface area contributed by atoms with Gasteiger partial charge in [0.1, 0.15) is 6.29 Å². The molecule has 1 rings (SSSR count). The van der Waals surface area contributed by atoms with Gasteiger partial charge in [0.25, 0.3) is 0 Å². The zero-order valence-corrected chi connectivity index (χ0v) is 8.10. The summed E-state index contributed by atoms with van der Waals surface area (Å²) in [5.41, 5.74) is 0. The average molecular weight is 136 g/mol. The first-order valence-electron chi connectivity index (χ1n) is 3.39. The summed E-state index contributed by atoms with van der Waals surface area (Å²) in [6.45, 7) is 0. The zero-order chi connectivity index (χ0) is 5.82. The molecule has 1 fully saturated rings. The van der Waals surface area contributed by atoms with Gasteiger partial charge < -0.3 is 6.22 Å². The van der Waals surface area contributed by atoms with E-state index in [1.165, 1.54) is 19.3 Å². The fourth-order valence-corrected chi connectivity index (χ4v) is 1.27. The van der Waals surface area contributed by atoms with E-state index in [2.05, 4.69) is 0 Å². The summed E-state index contributed by atoms with van der Waals surface area (Å²) in [5, 5.41) is 0. The Bertz CT molecular complexity index is 81.7. The monoisotopic (exact) mass is 136 g/mol. The molecule has 0 unspecified atom stereocenters. The molecule has 0 aliphatic heterocycles. The first-order valence-corrected chi connectivity index (χ1v) is 3.39. The van der Waals surface area contributed by atoms with E-state index in [9.17, 15) is 4.79 Å². The Morgan fingerprint density at radius 1 is 1.22 bits per heavy atom. The molecule has 0 heterocycles. The standard InChI is InChI=1S/C7H12O.Na.H/c8-6-7-4-2-1-3-5-7;;/h6-7H,1-5H2;;/q;+1;-1. The molecule has 1 aliphatic rings. The van der Waals surface area contributed by atoms with Crippen LogP contribution in [-0.4, -0.2) is 6.29 Å². The van der Waals surface area contributed by atoms with Crippen molar-refractivity contribution < 1.29 is 35.8 Å². The van der Waals surface area contributed by atoms with E-state index in [-0.39, 0.29) is 31.0 Å². The Hall–Kier alpha value is 0.670. The minimum atomic E-state index is 0. The van der Waals surface area contributed by atoms with Crippen molar-refractivity contribution in [3.63, 3.8) is 0 Å². The van der Waals surface area contributed by atoms with E-state index in [1.807, 2.05) is 0 Å². The molecular formula is C7H13NaO. The van der Waals surface area contributed by atoms with Gasteiger partial charge in [-0.2, -0.15) is 0 Å². The number of hydrogen-bond acceptors (Lipinski definition) is 1. The van der Waals surface area contributed by atoms with Crippen molar-refractivity contribution in [1.29, 1.82) is 0 Å². The first kappa shape index (κ1) is 9.67. The van der Waals surface area contributed by atoms with Crippen molar-refractivity contribution >= 4 is 6.29 Å². The summed E-state index contributed by atoms with van der Waals surface area (Å²) in [7, 11) is 0. The summed E-state index contributed by atoms with van der Waals surface area (Å²) in [6.07, 6.45) is 7.27. The Kier molecular flexibility index (Phi) is 5.86. The van der Waals surface area contributed by atoms with Gasteiger partial charge in [0.15, 0.2) is 0 Å². The molecule has 0 atom stereocenters. The minimum absolute atomic E-state index is 0. The smallest absolute Gasteiger partial charge is 1.00 e. The maximum atomic E-state index is 10.2. The van der Waals surface area contributed by atoms with Gasteiger partial charge in [-0.1, -0.05) is 19.3 Å². The maximum absolute atomic E-state index is 10.2. The molecule has 48 valence electrons. The zero-order valence-electron chi connectivity index (χ0n) is 7.10. The van der Waals surface area contributed by atoms with E-state index in [1.54, 1.807) is 0 Å². The molecule has 0 aromatic rings. The Morgan fingerprint density at radius 2 is 1.78 bits per heavy atom. The van der Waals surface area contributed by atoms with Gasteiger partial charge in [0, 0.05) is 5.92 Å². The van der Waals surface area contributed by atoms with Crippen molar-refractivity contribution in [2.75, 3.05) is 0 Å². The van der Waals surface area contributed by atoms with E-state index in [0.717, 1.165) is 19.1 Å². The largest absolute Gasteiger partial charge is 1.00 e. The molecule has 0 saturated heterocycles. The number of carbonyl (C=O) groups is 1. The van der Waals surface area contributed by atoms with Crippen molar-refractivity contribution in [1.82, 2.24) is 0 Å². The van der Waals surface area contributed by atoms with Crippen LogP contribution in [0.5, 0.6) is 0 Å². The quantitative estimate of drug-likeness (QED) is 0.330. The summed E-state index contributed by atoms with van der Waals surface area (Å²) >= 11 is 0. The second-order valence-electron chi connectivity index (χ2n) is 2.53. The van der Waals surface area contributed by atoms with Crippen LogP contribution in [-0.2, 0) is 4.79 Å². The van der Waals surface area contributed by atoms with Crippen LogP contribution < -0.4 is 29.6 Å². The predicted octanol–water partition coefficient (Wildman–Crippen LogP) is -1.12. The van der Waals surface area contributed by atoms with E-state index < -0.39 is 0 Å². The van der Waals surface area contributed by atoms with E-state index >= 15 is 0 Å². The second kappa shape index (κ2) is 5.45. The van der Waals surface area contributed by atoms with Crippen molar-refractivity contribution in [3.8, 4) is 0 Å². The molecule has 0 radical (unpaired) electrons. The molecule has 0 amide bonds. The minimum Gasteiger partial charge on any atom is -1.00 e. The molecule has 0 bridgehead atoms. The summed E-state index contributed by atoms with van der Waals surface area (Å²) in [5.74, 6) is 0.406. The third-order valence-electron chi connectivity index (χ3n) is 1.84. The number of carbonyl (C=O) groups excluding carboxylic acids is 1. The van der Waals surface area contributed by atoms with Crippen molar-refractivity contribution in [3.05, 3.63) is 0 Å². The van der Waals surface area contributed by atoms with Gasteiger partial charge in [0.2, 0.25) is 0 Å². The molecule has 2 heteroatoms. The second-order valence-corrected chi connectivity index (χ2v) is 2.53. The molecular weight excluding hydrogens is 123 g/mol. The van der Waals surface area contributed by atoms with Crippen LogP contribution in [0.4, 0.5) is 0 Å². The average Bonchev–Trinajstić information content (AvgIpc) is 1.90. The summed E-state index contributed by atoms with van der Waals surface area (Å²) in [6, 6.07) is 0. The van der Waals surface area contributed by atoms with Crippen LogP contribution >= 0.6 is 0 Å². The van der Waals surface area contributed by atoms with Crippen molar-refractivity contribution in [2.24, 2.45) is 5.92 Å². The van der Waals surface area contributed by atoms with Crippen molar-refractivity contribution in [2.45, 2.75) is 32.1 Å². The first-order chi connectivity index (χ1) is 3.93. The van der Waals surface area contributed by atoms with Gasteiger partial charge in [-0.3, -0.25) is 0 Å². The third kappa shape index (κ3) is 3.39. The normalized spacial score (nSPS) is 20.4. The molecule has 1 saturated carbocycles. The van der Waals surface area contributed by atoms with E-state index in [4.69, 9.17) is 0 Å². The van der Waals surface area contributed by atoms with Crippen LogP contribution in [0.25, 0.3) is 0 Å². The number of aldehydes is 1. The van der Waals surface area contributed by atoms with Crippen LogP contribution in [0, 0.1) is 5.92 Å². The Balaban J connectivity index is 0. The molecule has 0 aromatic carbocycles. The number of hydrogen-bond donors (Lipinski definition) is 0. The Morgan fingerprint density at radius 3 is 2.11 bits per heavy atom. The molecule has 9 heavy (non-hydrogen) atoms. The molecule has 1 aliphatic carbocycles. The predicted molar refractivity (Wildman–Crippen MR) is 33.8 cm³/mol. The van der Waals surface area contributed by atoms with Gasteiger partial charge in [-0.25, -0.2) is 0 Å². The third-order valence-corrected chi connectivity index (χ3v) is 1.84. The van der Waals surface area contributed by atoms with Gasteiger partial charge in [-0.15, -0.1) is 0 Å². The van der Waals surface area contributed by atoms with Crippen LogP contribution in [0.1, 0.15) is 33.5 Å². The van der Waals surface area contributed by atoms with Crippen LogP contribution in [0.2, 0.25) is 0 Å². The molecule has 0 N–H and O–H groups in total. The van der Waals surface area contributed by atoms with Gasteiger partial charge in [-0.05, 0) is 12.8 Å². The van der Waals surface area contributed by atoms with Gasteiger partial charge in [0.05, 0.1) is 0 Å². The summed E-state index contributed by atoms with van der Waals surface area (Å²) in [4.78, 5) is 10.2.